The minimum Gasteiger partial charge on any atom is -0.309 e. The standard InChI is InChI=1S/C16H16ClF2N/c1-9-5-4-6-11(14(9)17)16(20-3)13-12(18)8-7-10(2)15(13)19/h4-8,16,20H,1-3H3. The Morgan fingerprint density at radius 1 is 1.05 bits per heavy atom. The molecule has 0 fully saturated rings. The molecule has 2 aromatic rings. The summed E-state index contributed by atoms with van der Waals surface area (Å²) in [5.74, 6) is -1.12. The first-order valence-electron chi connectivity index (χ1n) is 6.34. The van der Waals surface area contributed by atoms with Gasteiger partial charge in [-0.1, -0.05) is 35.9 Å². The van der Waals surface area contributed by atoms with Gasteiger partial charge in [-0.25, -0.2) is 8.78 Å². The molecule has 4 heteroatoms. The highest BCUT2D eigenvalue weighted by Crippen LogP contribution is 2.33. The van der Waals surface area contributed by atoms with Gasteiger partial charge >= 0.3 is 0 Å². The van der Waals surface area contributed by atoms with Gasteiger partial charge < -0.3 is 5.32 Å². The first-order chi connectivity index (χ1) is 9.47. The molecule has 2 rings (SSSR count). The van der Waals surface area contributed by atoms with Crippen LogP contribution >= 0.6 is 11.6 Å². The van der Waals surface area contributed by atoms with Gasteiger partial charge in [0, 0.05) is 10.6 Å². The van der Waals surface area contributed by atoms with Crippen molar-refractivity contribution in [3.05, 3.63) is 69.2 Å². The third kappa shape index (κ3) is 2.56. The van der Waals surface area contributed by atoms with Crippen LogP contribution in [0.25, 0.3) is 0 Å². The molecule has 0 heterocycles. The maximum Gasteiger partial charge on any atom is 0.134 e. The molecule has 0 aliphatic carbocycles. The third-order valence-corrected chi connectivity index (χ3v) is 3.95. The monoisotopic (exact) mass is 295 g/mol. The molecule has 0 spiro atoms. The lowest BCUT2D eigenvalue weighted by Gasteiger charge is -2.21. The normalized spacial score (nSPS) is 12.5. The van der Waals surface area contributed by atoms with Crippen LogP contribution in [-0.2, 0) is 0 Å². The van der Waals surface area contributed by atoms with Gasteiger partial charge in [0.25, 0.3) is 0 Å². The van der Waals surface area contributed by atoms with Crippen molar-refractivity contribution in [3.8, 4) is 0 Å². The van der Waals surface area contributed by atoms with E-state index in [4.69, 9.17) is 11.6 Å². The third-order valence-electron chi connectivity index (χ3n) is 3.43. The summed E-state index contributed by atoms with van der Waals surface area (Å²) in [4.78, 5) is 0. The molecule has 0 saturated heterocycles. The highest BCUT2D eigenvalue weighted by Gasteiger charge is 2.24. The topological polar surface area (TPSA) is 12.0 Å². The zero-order valence-corrected chi connectivity index (χ0v) is 12.4. The van der Waals surface area contributed by atoms with Crippen LogP contribution in [0.15, 0.2) is 30.3 Å². The van der Waals surface area contributed by atoms with E-state index in [1.54, 1.807) is 20.0 Å². The van der Waals surface area contributed by atoms with Crippen molar-refractivity contribution in [3.63, 3.8) is 0 Å². The van der Waals surface area contributed by atoms with E-state index in [-0.39, 0.29) is 5.56 Å². The Kier molecular flexibility index (Phi) is 4.41. The molecule has 1 nitrogen and oxygen atoms in total. The fraction of sp³-hybridized carbons (Fsp3) is 0.250. The second-order valence-corrected chi connectivity index (χ2v) is 5.17. The van der Waals surface area contributed by atoms with Crippen LogP contribution in [0.3, 0.4) is 0 Å². The smallest absolute Gasteiger partial charge is 0.134 e. The molecule has 1 unspecified atom stereocenters. The average molecular weight is 296 g/mol. The first-order valence-corrected chi connectivity index (χ1v) is 6.72. The van der Waals surface area contributed by atoms with E-state index < -0.39 is 17.7 Å². The van der Waals surface area contributed by atoms with E-state index in [9.17, 15) is 8.78 Å². The number of aryl methyl sites for hydroxylation is 2. The summed E-state index contributed by atoms with van der Waals surface area (Å²) in [6, 6.07) is 7.55. The Morgan fingerprint density at radius 2 is 1.75 bits per heavy atom. The minimum atomic E-state index is -0.623. The SMILES string of the molecule is CNC(c1cccc(C)c1Cl)c1c(F)ccc(C)c1F. The van der Waals surface area contributed by atoms with Crippen LogP contribution in [0.1, 0.15) is 28.3 Å². The van der Waals surface area contributed by atoms with Crippen molar-refractivity contribution in [1.82, 2.24) is 5.32 Å². The summed E-state index contributed by atoms with van der Waals surface area (Å²) in [7, 11) is 1.66. The highest BCUT2D eigenvalue weighted by atomic mass is 35.5. The van der Waals surface area contributed by atoms with Gasteiger partial charge in [0.05, 0.1) is 6.04 Å². The Labute approximate surface area is 122 Å². The Bertz CT molecular complexity index is 641. The lowest BCUT2D eigenvalue weighted by Crippen LogP contribution is -2.21. The van der Waals surface area contributed by atoms with Crippen molar-refractivity contribution in [1.29, 1.82) is 0 Å². The Hall–Kier alpha value is -1.45. The minimum absolute atomic E-state index is 0.000000000000000222. The maximum absolute atomic E-state index is 14.3. The summed E-state index contributed by atoms with van der Waals surface area (Å²) in [6.07, 6.45) is 0. The molecular weight excluding hydrogens is 280 g/mol. The number of rotatable bonds is 3. The maximum atomic E-state index is 14.3. The van der Waals surface area contributed by atoms with Crippen molar-refractivity contribution in [2.45, 2.75) is 19.9 Å². The fourth-order valence-corrected chi connectivity index (χ4v) is 2.53. The summed E-state index contributed by atoms with van der Waals surface area (Å²) in [6.45, 7) is 3.48. The predicted octanol–water partition coefficient (Wildman–Crippen LogP) is 4.54. The molecule has 106 valence electrons. The molecule has 0 aromatic heterocycles. The molecule has 0 radical (unpaired) electrons. The molecule has 0 aliphatic heterocycles. The van der Waals surface area contributed by atoms with Gasteiger partial charge in [0.15, 0.2) is 0 Å². The summed E-state index contributed by atoms with van der Waals surface area (Å²) in [5, 5.41) is 3.47. The zero-order valence-electron chi connectivity index (χ0n) is 11.6. The summed E-state index contributed by atoms with van der Waals surface area (Å²) < 4.78 is 28.4. The van der Waals surface area contributed by atoms with Crippen LogP contribution in [0.4, 0.5) is 8.78 Å². The van der Waals surface area contributed by atoms with Crippen molar-refractivity contribution >= 4 is 11.6 Å². The highest BCUT2D eigenvalue weighted by molar-refractivity contribution is 6.32. The second-order valence-electron chi connectivity index (χ2n) is 4.79. The number of halogens is 3. The summed E-state index contributed by atoms with van der Waals surface area (Å²) >= 11 is 6.28. The summed E-state index contributed by atoms with van der Waals surface area (Å²) in [5.41, 5.74) is 1.95. The van der Waals surface area contributed by atoms with E-state index >= 15 is 0 Å². The molecule has 0 amide bonds. The van der Waals surface area contributed by atoms with E-state index in [0.717, 1.165) is 5.56 Å². The average Bonchev–Trinajstić information content (AvgIpc) is 2.43. The fourth-order valence-electron chi connectivity index (χ4n) is 2.29. The van der Waals surface area contributed by atoms with Crippen LogP contribution in [0.5, 0.6) is 0 Å². The zero-order chi connectivity index (χ0) is 14.9. The Morgan fingerprint density at radius 3 is 2.40 bits per heavy atom. The van der Waals surface area contributed by atoms with Crippen molar-refractivity contribution < 1.29 is 8.78 Å². The molecule has 2 aromatic carbocycles. The van der Waals surface area contributed by atoms with E-state index in [2.05, 4.69) is 5.32 Å². The van der Waals surface area contributed by atoms with Gasteiger partial charge in [-0.3, -0.25) is 0 Å². The van der Waals surface area contributed by atoms with E-state index in [1.165, 1.54) is 12.1 Å². The van der Waals surface area contributed by atoms with E-state index in [0.29, 0.717) is 16.1 Å². The van der Waals surface area contributed by atoms with Crippen LogP contribution in [-0.4, -0.2) is 7.05 Å². The van der Waals surface area contributed by atoms with Gasteiger partial charge in [0.1, 0.15) is 11.6 Å². The van der Waals surface area contributed by atoms with Crippen LogP contribution in [0.2, 0.25) is 5.02 Å². The number of nitrogens with one attached hydrogen (secondary N) is 1. The lowest BCUT2D eigenvalue weighted by molar-refractivity contribution is 0.517. The largest absolute Gasteiger partial charge is 0.309 e. The first kappa shape index (κ1) is 14.9. The van der Waals surface area contributed by atoms with Gasteiger partial charge in [0.2, 0.25) is 0 Å². The molecule has 1 atom stereocenters. The van der Waals surface area contributed by atoms with Gasteiger partial charge in [-0.05, 0) is 43.7 Å². The molecule has 1 N–H and O–H groups in total. The lowest BCUT2D eigenvalue weighted by atomic mass is 9.95. The quantitative estimate of drug-likeness (QED) is 0.876. The van der Waals surface area contributed by atoms with Gasteiger partial charge in [-0.15, -0.1) is 0 Å². The molecular formula is C16H16ClF2N. The Balaban J connectivity index is 2.65. The predicted molar refractivity (Wildman–Crippen MR) is 78.2 cm³/mol. The van der Waals surface area contributed by atoms with Crippen molar-refractivity contribution in [2.75, 3.05) is 7.05 Å². The van der Waals surface area contributed by atoms with E-state index in [1.807, 2.05) is 19.1 Å². The second kappa shape index (κ2) is 5.90. The molecule has 0 bridgehead atoms. The number of hydrogen-bond donors (Lipinski definition) is 1. The van der Waals surface area contributed by atoms with Crippen LogP contribution in [0, 0.1) is 25.5 Å². The number of hydrogen-bond acceptors (Lipinski definition) is 1. The molecule has 0 saturated carbocycles. The van der Waals surface area contributed by atoms with Crippen molar-refractivity contribution in [2.24, 2.45) is 0 Å². The number of benzene rings is 2. The van der Waals surface area contributed by atoms with Gasteiger partial charge in [-0.2, -0.15) is 0 Å². The molecule has 20 heavy (non-hydrogen) atoms. The molecule has 0 aliphatic rings. The van der Waals surface area contributed by atoms with Crippen LogP contribution < -0.4 is 5.32 Å².